The maximum atomic E-state index is 11.8. The Morgan fingerprint density at radius 2 is 1.76 bits per heavy atom. The fraction of sp³-hybridized carbons (Fsp3) is 0.967. The molecule has 4 nitrogen and oxygen atoms in total. The largest absolute Gasteiger partial charge is 0.469 e. The van der Waals surface area contributed by atoms with Gasteiger partial charge in [0, 0.05) is 25.6 Å². The summed E-state index contributed by atoms with van der Waals surface area (Å²) in [7, 11) is 5.87. The van der Waals surface area contributed by atoms with Crippen LogP contribution in [0.2, 0.25) is 0 Å². The van der Waals surface area contributed by atoms with Crippen LogP contribution in [0.15, 0.2) is 0 Å². The first-order valence-corrected chi connectivity index (χ1v) is 14.5. The van der Waals surface area contributed by atoms with E-state index >= 15 is 0 Å². The second-order valence-corrected chi connectivity index (χ2v) is 13.8. The Morgan fingerprint density at radius 1 is 1.06 bits per heavy atom. The molecule has 0 saturated heterocycles. The molecular formula is C30H54N2O2. The molecule has 0 aromatic heterocycles. The summed E-state index contributed by atoms with van der Waals surface area (Å²) in [5, 5.41) is 3.90. The predicted molar refractivity (Wildman–Crippen MR) is 141 cm³/mol. The monoisotopic (exact) mass is 474 g/mol. The molecule has 0 aliphatic heterocycles. The van der Waals surface area contributed by atoms with E-state index in [1.54, 1.807) is 0 Å². The normalized spacial score (nSPS) is 44.8. The quantitative estimate of drug-likeness (QED) is 0.438. The van der Waals surface area contributed by atoms with Crippen molar-refractivity contribution in [1.29, 1.82) is 0 Å². The molecule has 0 heterocycles. The molecule has 0 amide bonds. The number of fused-ring (bicyclic) bond motifs is 5. The Morgan fingerprint density at radius 3 is 2.47 bits per heavy atom. The summed E-state index contributed by atoms with van der Waals surface area (Å²) in [5.74, 6) is 5.84. The van der Waals surface area contributed by atoms with E-state index in [9.17, 15) is 4.79 Å². The molecule has 0 radical (unpaired) electrons. The molecule has 4 fully saturated rings. The van der Waals surface area contributed by atoms with Crippen LogP contribution in [0, 0.1) is 52.3 Å². The van der Waals surface area contributed by atoms with Crippen molar-refractivity contribution in [1.82, 2.24) is 10.2 Å². The van der Waals surface area contributed by atoms with Gasteiger partial charge in [0.2, 0.25) is 0 Å². The van der Waals surface area contributed by atoms with Crippen LogP contribution < -0.4 is 5.32 Å². The average Bonchev–Trinajstić information content (AvgIpc) is 3.15. The molecule has 0 bridgehead atoms. The fourth-order valence-electron chi connectivity index (χ4n) is 9.94. The molecule has 196 valence electrons. The first-order chi connectivity index (χ1) is 16.1. The number of likely N-dealkylation sites (N-methyl/N-ethyl adjacent to an activating group) is 1. The van der Waals surface area contributed by atoms with Gasteiger partial charge in [0.15, 0.2) is 0 Å². The van der Waals surface area contributed by atoms with Crippen LogP contribution in [0.4, 0.5) is 0 Å². The minimum absolute atomic E-state index is 0.0399. The molecular weight excluding hydrogens is 420 g/mol. The molecule has 10 atom stereocenters. The summed E-state index contributed by atoms with van der Waals surface area (Å²) in [6, 6.07) is 0.724. The number of nitrogens with one attached hydrogen (secondary N) is 1. The minimum atomic E-state index is -0.0399. The van der Waals surface area contributed by atoms with E-state index in [1.807, 2.05) is 0 Å². The molecule has 4 aliphatic carbocycles. The summed E-state index contributed by atoms with van der Waals surface area (Å²) >= 11 is 0. The smallest absolute Gasteiger partial charge is 0.305 e. The van der Waals surface area contributed by atoms with E-state index in [2.05, 4.69) is 52.0 Å². The third-order valence-corrected chi connectivity index (χ3v) is 11.8. The van der Waals surface area contributed by atoms with Gasteiger partial charge in [0.25, 0.3) is 0 Å². The minimum Gasteiger partial charge on any atom is -0.469 e. The molecule has 4 heteroatoms. The van der Waals surface area contributed by atoms with Gasteiger partial charge in [-0.15, -0.1) is 0 Å². The van der Waals surface area contributed by atoms with Gasteiger partial charge in [0.1, 0.15) is 0 Å². The van der Waals surface area contributed by atoms with Gasteiger partial charge in [-0.2, -0.15) is 0 Å². The van der Waals surface area contributed by atoms with E-state index < -0.39 is 0 Å². The van der Waals surface area contributed by atoms with Crippen LogP contribution in [0.3, 0.4) is 0 Å². The summed E-state index contributed by atoms with van der Waals surface area (Å²) < 4.78 is 4.94. The molecule has 0 spiro atoms. The number of hydrogen-bond acceptors (Lipinski definition) is 4. The van der Waals surface area contributed by atoms with Crippen molar-refractivity contribution >= 4 is 5.97 Å². The highest BCUT2D eigenvalue weighted by atomic mass is 16.5. The van der Waals surface area contributed by atoms with E-state index in [-0.39, 0.29) is 5.97 Å². The zero-order valence-electron chi connectivity index (χ0n) is 23.4. The van der Waals surface area contributed by atoms with Crippen LogP contribution in [-0.4, -0.2) is 51.2 Å². The summed E-state index contributed by atoms with van der Waals surface area (Å²) in [6.45, 7) is 12.6. The van der Waals surface area contributed by atoms with Crippen LogP contribution >= 0.6 is 0 Å². The molecule has 0 aromatic rings. The lowest BCUT2D eigenvalue weighted by molar-refractivity contribution is -0.143. The number of hydrogen-bond donors (Lipinski definition) is 1. The molecule has 1 N–H and O–H groups in total. The topological polar surface area (TPSA) is 41.6 Å². The lowest BCUT2D eigenvalue weighted by Crippen LogP contribution is -2.57. The van der Waals surface area contributed by atoms with Crippen molar-refractivity contribution in [3.8, 4) is 0 Å². The van der Waals surface area contributed by atoms with E-state index in [0.717, 1.165) is 61.1 Å². The van der Waals surface area contributed by atoms with Gasteiger partial charge in [-0.05, 0) is 124 Å². The zero-order chi connectivity index (χ0) is 24.7. The molecule has 0 aromatic carbocycles. The number of nitrogens with zero attached hydrogens (tertiary/aromatic N) is 1. The molecule has 10 unspecified atom stereocenters. The first kappa shape index (κ1) is 26.5. The first-order valence-electron chi connectivity index (χ1n) is 14.5. The number of esters is 1. The van der Waals surface area contributed by atoms with E-state index in [4.69, 9.17) is 4.74 Å². The predicted octanol–water partition coefficient (Wildman–Crippen LogP) is 6.00. The summed E-state index contributed by atoms with van der Waals surface area (Å²) in [5.41, 5.74) is 1.02. The van der Waals surface area contributed by atoms with Crippen LogP contribution in [0.5, 0.6) is 0 Å². The SMILES string of the molecule is COC(=O)CCC(C)C1CCC2C3C(C)CC4CC(NCCN(C)C)CCC4(C)C3CCC12C. The van der Waals surface area contributed by atoms with E-state index in [1.165, 1.54) is 58.5 Å². The third-order valence-electron chi connectivity index (χ3n) is 11.8. The lowest BCUT2D eigenvalue weighted by Gasteiger charge is -2.63. The van der Waals surface area contributed by atoms with Crippen molar-refractivity contribution in [3.05, 3.63) is 0 Å². The van der Waals surface area contributed by atoms with Gasteiger partial charge in [-0.1, -0.05) is 27.7 Å². The second kappa shape index (κ2) is 10.4. The Bertz CT molecular complexity index is 710. The van der Waals surface area contributed by atoms with Gasteiger partial charge in [-0.25, -0.2) is 0 Å². The van der Waals surface area contributed by atoms with Crippen LogP contribution in [0.1, 0.15) is 91.9 Å². The zero-order valence-corrected chi connectivity index (χ0v) is 23.4. The van der Waals surface area contributed by atoms with Gasteiger partial charge in [0.05, 0.1) is 7.11 Å². The van der Waals surface area contributed by atoms with Crippen LogP contribution in [0.25, 0.3) is 0 Å². The molecule has 34 heavy (non-hydrogen) atoms. The highest BCUT2D eigenvalue weighted by molar-refractivity contribution is 5.69. The number of carbonyl (C=O) groups is 1. The van der Waals surface area contributed by atoms with Gasteiger partial charge >= 0.3 is 5.97 Å². The van der Waals surface area contributed by atoms with E-state index in [0.29, 0.717) is 23.2 Å². The van der Waals surface area contributed by atoms with Gasteiger partial charge < -0.3 is 15.0 Å². The highest BCUT2D eigenvalue weighted by Gasteiger charge is 2.62. The standard InChI is InChI=1S/C30H54N2O2/c1-20(8-11-27(33)34-7)24-9-10-25-28-21(2)18-22-19-23(31-16-17-32(5)6)12-14-29(22,3)26(28)13-15-30(24,25)4/h20-26,28,31H,8-19H2,1-7H3. The maximum Gasteiger partial charge on any atom is 0.305 e. The fourth-order valence-corrected chi connectivity index (χ4v) is 9.94. The molecule has 4 saturated carbocycles. The van der Waals surface area contributed by atoms with Crippen molar-refractivity contribution in [2.45, 2.75) is 97.9 Å². The third kappa shape index (κ3) is 4.84. The Balaban J connectivity index is 1.43. The van der Waals surface area contributed by atoms with Crippen molar-refractivity contribution < 1.29 is 9.53 Å². The Labute approximate surface area is 210 Å². The van der Waals surface area contributed by atoms with Crippen molar-refractivity contribution in [2.24, 2.45) is 52.3 Å². The number of ether oxygens (including phenoxy) is 1. The number of methoxy groups -OCH3 is 1. The van der Waals surface area contributed by atoms with Crippen molar-refractivity contribution in [2.75, 3.05) is 34.3 Å². The number of carbonyl (C=O) groups excluding carboxylic acids is 1. The second-order valence-electron chi connectivity index (χ2n) is 13.8. The van der Waals surface area contributed by atoms with Gasteiger partial charge in [-0.3, -0.25) is 4.79 Å². The maximum absolute atomic E-state index is 11.8. The molecule has 4 rings (SSSR count). The Hall–Kier alpha value is -0.610. The van der Waals surface area contributed by atoms with Crippen molar-refractivity contribution in [3.63, 3.8) is 0 Å². The van der Waals surface area contributed by atoms with Crippen LogP contribution in [-0.2, 0) is 9.53 Å². The number of rotatable bonds is 8. The molecule has 4 aliphatic rings. The summed E-state index contributed by atoms with van der Waals surface area (Å²) in [6.07, 6.45) is 12.8. The Kier molecular flexibility index (Phi) is 8.09. The summed E-state index contributed by atoms with van der Waals surface area (Å²) in [4.78, 5) is 14.1. The highest BCUT2D eigenvalue weighted by Crippen LogP contribution is 2.69. The average molecular weight is 475 g/mol. The lowest BCUT2D eigenvalue weighted by atomic mass is 9.42.